The quantitative estimate of drug-likeness (QED) is 0.631. The Labute approximate surface area is 67.3 Å². The molecule has 3 heteroatoms. The largest absolute Gasteiger partial charge is 0.352 e. The minimum absolute atomic E-state index is 0.370. The molecule has 3 N–H and O–H groups in total. The number of carbonyl (C=O) groups is 1. The highest BCUT2D eigenvalue weighted by molar-refractivity contribution is 5.71. The summed E-state index contributed by atoms with van der Waals surface area (Å²) in [5.74, 6) is 0.648. The van der Waals surface area contributed by atoms with Crippen molar-refractivity contribution in [1.82, 2.24) is 5.32 Å². The Morgan fingerprint density at radius 1 is 1.64 bits per heavy atom. The van der Waals surface area contributed by atoms with Gasteiger partial charge in [0.25, 0.3) is 0 Å². The van der Waals surface area contributed by atoms with Gasteiger partial charge < -0.3 is 11.1 Å². The van der Waals surface area contributed by atoms with Crippen molar-refractivity contribution < 1.29 is 4.79 Å². The number of hydrogen-bond donors (Lipinski definition) is 2. The molecule has 0 radical (unpaired) electrons. The molecule has 1 saturated carbocycles. The standard InChI is InChI=1S/C8H16N2O/c1-6(2)8(3-4-8)5-10-7(9)11/h6H,3-5H2,1-2H3,(H3,9,10,11). The molecule has 1 fully saturated rings. The molecule has 1 aliphatic carbocycles. The van der Waals surface area contributed by atoms with E-state index in [2.05, 4.69) is 19.2 Å². The molecule has 0 aliphatic heterocycles. The topological polar surface area (TPSA) is 55.1 Å². The summed E-state index contributed by atoms with van der Waals surface area (Å²) in [4.78, 5) is 10.4. The van der Waals surface area contributed by atoms with Crippen LogP contribution in [-0.4, -0.2) is 12.6 Å². The smallest absolute Gasteiger partial charge is 0.312 e. The summed E-state index contributed by atoms with van der Waals surface area (Å²) in [5, 5.41) is 2.67. The highest BCUT2D eigenvalue weighted by Crippen LogP contribution is 2.51. The number of rotatable bonds is 3. The molecule has 2 amide bonds. The van der Waals surface area contributed by atoms with Gasteiger partial charge in [0, 0.05) is 6.54 Å². The minimum atomic E-state index is -0.406. The molecular formula is C8H16N2O. The lowest BCUT2D eigenvalue weighted by Gasteiger charge is -2.18. The average Bonchev–Trinajstić information content (AvgIpc) is 2.63. The number of hydrogen-bond acceptors (Lipinski definition) is 1. The predicted octanol–water partition coefficient (Wildman–Crippen LogP) is 1.09. The van der Waals surface area contributed by atoms with Crippen LogP contribution in [0.15, 0.2) is 0 Å². The molecule has 0 bridgehead atoms. The Bertz CT molecular complexity index is 161. The van der Waals surface area contributed by atoms with Gasteiger partial charge in [-0.1, -0.05) is 13.8 Å². The molecular weight excluding hydrogens is 140 g/mol. The van der Waals surface area contributed by atoms with Crippen LogP contribution in [0.3, 0.4) is 0 Å². The number of nitrogens with one attached hydrogen (secondary N) is 1. The Kier molecular flexibility index (Phi) is 2.07. The number of urea groups is 1. The average molecular weight is 156 g/mol. The van der Waals surface area contributed by atoms with E-state index in [0.29, 0.717) is 11.3 Å². The molecule has 0 saturated heterocycles. The zero-order chi connectivity index (χ0) is 8.48. The first-order valence-electron chi connectivity index (χ1n) is 4.10. The fourth-order valence-corrected chi connectivity index (χ4v) is 1.38. The minimum Gasteiger partial charge on any atom is -0.352 e. The molecule has 0 unspecified atom stereocenters. The summed E-state index contributed by atoms with van der Waals surface area (Å²) in [6.07, 6.45) is 2.45. The highest BCUT2D eigenvalue weighted by Gasteiger charge is 2.45. The lowest BCUT2D eigenvalue weighted by molar-refractivity contribution is 0.242. The van der Waals surface area contributed by atoms with Gasteiger partial charge in [-0.15, -0.1) is 0 Å². The second kappa shape index (κ2) is 2.72. The SMILES string of the molecule is CC(C)C1(CNC(N)=O)CC1. The monoisotopic (exact) mass is 156 g/mol. The molecule has 0 heterocycles. The third-order valence-corrected chi connectivity index (χ3v) is 2.73. The summed E-state index contributed by atoms with van der Waals surface area (Å²) >= 11 is 0. The molecule has 1 rings (SSSR count). The van der Waals surface area contributed by atoms with E-state index >= 15 is 0 Å². The van der Waals surface area contributed by atoms with E-state index in [1.165, 1.54) is 12.8 Å². The zero-order valence-electron chi connectivity index (χ0n) is 7.18. The first-order chi connectivity index (χ1) is 5.07. The Morgan fingerprint density at radius 3 is 2.45 bits per heavy atom. The van der Waals surface area contributed by atoms with Crippen LogP contribution in [0.5, 0.6) is 0 Å². The lowest BCUT2D eigenvalue weighted by atomic mass is 9.92. The van der Waals surface area contributed by atoms with E-state index in [9.17, 15) is 4.79 Å². The molecule has 64 valence electrons. The second-order valence-electron chi connectivity index (χ2n) is 3.73. The maximum Gasteiger partial charge on any atom is 0.312 e. The van der Waals surface area contributed by atoms with E-state index in [0.717, 1.165) is 6.54 Å². The fourth-order valence-electron chi connectivity index (χ4n) is 1.38. The lowest BCUT2D eigenvalue weighted by Crippen LogP contribution is -2.36. The van der Waals surface area contributed by atoms with Crippen molar-refractivity contribution in [1.29, 1.82) is 0 Å². The van der Waals surface area contributed by atoms with E-state index in [1.54, 1.807) is 0 Å². The van der Waals surface area contributed by atoms with Crippen LogP contribution >= 0.6 is 0 Å². The molecule has 0 aromatic carbocycles. The van der Waals surface area contributed by atoms with E-state index in [1.807, 2.05) is 0 Å². The first kappa shape index (κ1) is 8.37. The Balaban J connectivity index is 2.30. The van der Waals surface area contributed by atoms with Crippen molar-refractivity contribution in [2.75, 3.05) is 6.54 Å². The summed E-state index contributed by atoms with van der Waals surface area (Å²) in [5.41, 5.74) is 5.35. The van der Waals surface area contributed by atoms with Crippen molar-refractivity contribution in [2.24, 2.45) is 17.1 Å². The second-order valence-corrected chi connectivity index (χ2v) is 3.73. The maximum absolute atomic E-state index is 10.4. The highest BCUT2D eigenvalue weighted by atomic mass is 16.2. The number of primary amides is 1. The maximum atomic E-state index is 10.4. The fraction of sp³-hybridized carbons (Fsp3) is 0.875. The molecule has 3 nitrogen and oxygen atoms in total. The third kappa shape index (κ3) is 1.85. The first-order valence-corrected chi connectivity index (χ1v) is 4.10. The van der Waals surface area contributed by atoms with Gasteiger partial charge in [0.15, 0.2) is 0 Å². The van der Waals surface area contributed by atoms with Gasteiger partial charge in [0.1, 0.15) is 0 Å². The van der Waals surface area contributed by atoms with Gasteiger partial charge in [-0.25, -0.2) is 4.79 Å². The molecule has 0 spiro atoms. The van der Waals surface area contributed by atoms with Crippen LogP contribution in [0.4, 0.5) is 4.79 Å². The van der Waals surface area contributed by atoms with Crippen LogP contribution in [0.1, 0.15) is 26.7 Å². The van der Waals surface area contributed by atoms with Gasteiger partial charge in [0.2, 0.25) is 0 Å². The van der Waals surface area contributed by atoms with E-state index in [-0.39, 0.29) is 0 Å². The van der Waals surface area contributed by atoms with Crippen LogP contribution in [0.2, 0.25) is 0 Å². The molecule has 0 aromatic heterocycles. The third-order valence-electron chi connectivity index (χ3n) is 2.73. The number of amides is 2. The Morgan fingerprint density at radius 2 is 2.18 bits per heavy atom. The van der Waals surface area contributed by atoms with Crippen molar-refractivity contribution in [2.45, 2.75) is 26.7 Å². The van der Waals surface area contributed by atoms with Crippen molar-refractivity contribution in [3.8, 4) is 0 Å². The van der Waals surface area contributed by atoms with Gasteiger partial charge in [-0.05, 0) is 24.2 Å². The van der Waals surface area contributed by atoms with Crippen LogP contribution in [0.25, 0.3) is 0 Å². The molecule has 11 heavy (non-hydrogen) atoms. The van der Waals surface area contributed by atoms with Crippen molar-refractivity contribution >= 4 is 6.03 Å². The van der Waals surface area contributed by atoms with E-state index in [4.69, 9.17) is 5.73 Å². The van der Waals surface area contributed by atoms with Crippen LogP contribution in [-0.2, 0) is 0 Å². The Hall–Kier alpha value is -0.730. The number of carbonyl (C=O) groups excluding carboxylic acids is 1. The molecule has 0 aromatic rings. The number of nitrogens with two attached hydrogens (primary N) is 1. The summed E-state index contributed by atoms with van der Waals surface area (Å²) in [6.45, 7) is 5.13. The predicted molar refractivity (Wildman–Crippen MR) is 44.1 cm³/mol. The van der Waals surface area contributed by atoms with E-state index < -0.39 is 6.03 Å². The molecule has 0 atom stereocenters. The summed E-state index contributed by atoms with van der Waals surface area (Å²) < 4.78 is 0. The van der Waals surface area contributed by atoms with Crippen LogP contribution < -0.4 is 11.1 Å². The van der Waals surface area contributed by atoms with Crippen molar-refractivity contribution in [3.63, 3.8) is 0 Å². The van der Waals surface area contributed by atoms with Crippen LogP contribution in [0, 0.1) is 11.3 Å². The van der Waals surface area contributed by atoms with Gasteiger partial charge in [-0.2, -0.15) is 0 Å². The summed E-state index contributed by atoms with van der Waals surface area (Å²) in [6, 6.07) is -0.406. The van der Waals surface area contributed by atoms with Crippen molar-refractivity contribution in [3.05, 3.63) is 0 Å². The normalized spacial score (nSPS) is 19.9. The zero-order valence-corrected chi connectivity index (χ0v) is 7.18. The van der Waals surface area contributed by atoms with Gasteiger partial charge >= 0.3 is 6.03 Å². The van der Waals surface area contributed by atoms with Gasteiger partial charge in [0.05, 0.1) is 0 Å². The van der Waals surface area contributed by atoms with Gasteiger partial charge in [-0.3, -0.25) is 0 Å². The molecule has 1 aliphatic rings. The summed E-state index contributed by atoms with van der Waals surface area (Å²) in [7, 11) is 0.